The first kappa shape index (κ1) is 12.9. The van der Waals surface area contributed by atoms with Gasteiger partial charge < -0.3 is 10.2 Å². The molecular formula is C12H7Br3O2. The van der Waals surface area contributed by atoms with Crippen LogP contribution in [0.25, 0.3) is 11.1 Å². The average Bonchev–Trinajstić information content (AvgIpc) is 2.29. The first-order chi connectivity index (χ1) is 7.99. The molecule has 0 amide bonds. The van der Waals surface area contributed by atoms with Gasteiger partial charge in [0.1, 0.15) is 11.5 Å². The summed E-state index contributed by atoms with van der Waals surface area (Å²) in [6.07, 6.45) is 0. The Morgan fingerprint density at radius 1 is 0.706 bits per heavy atom. The first-order valence-corrected chi connectivity index (χ1v) is 7.04. The zero-order chi connectivity index (χ0) is 12.6. The van der Waals surface area contributed by atoms with E-state index >= 15 is 0 Å². The smallest absolute Gasteiger partial charge is 0.143 e. The van der Waals surface area contributed by atoms with E-state index in [0.29, 0.717) is 13.4 Å². The summed E-state index contributed by atoms with van der Waals surface area (Å²) in [7, 11) is 0. The molecule has 0 spiro atoms. The molecule has 2 rings (SSSR count). The van der Waals surface area contributed by atoms with Crippen LogP contribution in [0, 0.1) is 0 Å². The molecule has 17 heavy (non-hydrogen) atoms. The quantitative estimate of drug-likeness (QED) is 0.675. The van der Waals surface area contributed by atoms with Crippen molar-refractivity contribution in [3.05, 3.63) is 43.7 Å². The van der Waals surface area contributed by atoms with Gasteiger partial charge in [-0.3, -0.25) is 0 Å². The summed E-state index contributed by atoms with van der Waals surface area (Å²) in [6.45, 7) is 0. The Hall–Kier alpha value is -0.520. The Bertz CT molecular complexity index is 559. The third-order valence-corrected chi connectivity index (χ3v) is 4.14. The van der Waals surface area contributed by atoms with Crippen LogP contribution < -0.4 is 0 Å². The fourth-order valence-corrected chi connectivity index (χ4v) is 2.98. The number of phenolic OH excluding ortho intramolecular Hbond substituents is 2. The van der Waals surface area contributed by atoms with Gasteiger partial charge in [-0.05, 0) is 83.2 Å². The second-order valence-electron chi connectivity index (χ2n) is 3.45. The second kappa shape index (κ2) is 5.00. The van der Waals surface area contributed by atoms with Crippen molar-refractivity contribution < 1.29 is 10.2 Å². The molecule has 2 nitrogen and oxygen atoms in total. The minimum absolute atomic E-state index is 0.173. The molecule has 2 N–H and O–H groups in total. The Kier molecular flexibility index (Phi) is 3.80. The minimum atomic E-state index is 0.173. The monoisotopic (exact) mass is 420 g/mol. The van der Waals surface area contributed by atoms with Crippen molar-refractivity contribution in [2.75, 3.05) is 0 Å². The molecule has 0 aromatic heterocycles. The molecule has 0 atom stereocenters. The average molecular weight is 423 g/mol. The van der Waals surface area contributed by atoms with Crippen molar-refractivity contribution in [3.63, 3.8) is 0 Å². The Labute approximate surface area is 124 Å². The van der Waals surface area contributed by atoms with Gasteiger partial charge in [0.15, 0.2) is 0 Å². The van der Waals surface area contributed by atoms with Gasteiger partial charge in [0.2, 0.25) is 0 Å². The maximum Gasteiger partial charge on any atom is 0.143 e. The molecule has 0 heterocycles. The zero-order valence-corrected chi connectivity index (χ0v) is 13.2. The van der Waals surface area contributed by atoms with E-state index in [1.165, 1.54) is 0 Å². The van der Waals surface area contributed by atoms with Gasteiger partial charge in [-0.2, -0.15) is 0 Å². The van der Waals surface area contributed by atoms with Crippen molar-refractivity contribution in [1.29, 1.82) is 0 Å². The lowest BCUT2D eigenvalue weighted by molar-refractivity contribution is 0.468. The molecule has 0 saturated heterocycles. The molecule has 0 bridgehead atoms. The lowest BCUT2D eigenvalue weighted by Gasteiger charge is -2.07. The van der Waals surface area contributed by atoms with Crippen molar-refractivity contribution in [2.24, 2.45) is 0 Å². The molecule has 5 heteroatoms. The molecule has 0 fully saturated rings. The van der Waals surface area contributed by atoms with Gasteiger partial charge in [-0.1, -0.05) is 6.07 Å². The lowest BCUT2D eigenvalue weighted by Crippen LogP contribution is -1.81. The molecule has 0 aliphatic heterocycles. The fourth-order valence-electron chi connectivity index (χ4n) is 1.42. The molecule has 2 aromatic rings. The first-order valence-electron chi connectivity index (χ1n) is 4.66. The standard InChI is InChI=1S/C12H7Br3O2/c13-8-3-6(1-2-11(8)16)7-4-9(14)12(17)10(15)5-7/h1-5,16-17H. The molecule has 0 saturated carbocycles. The highest BCUT2D eigenvalue weighted by Gasteiger charge is 2.08. The van der Waals surface area contributed by atoms with Crippen LogP contribution in [0.3, 0.4) is 0 Å². The van der Waals surface area contributed by atoms with E-state index in [-0.39, 0.29) is 11.5 Å². The van der Waals surface area contributed by atoms with Crippen LogP contribution in [-0.4, -0.2) is 10.2 Å². The number of halogens is 3. The SMILES string of the molecule is Oc1ccc(-c2cc(Br)c(O)c(Br)c2)cc1Br. The maximum atomic E-state index is 9.63. The van der Waals surface area contributed by atoms with E-state index < -0.39 is 0 Å². The molecule has 0 aliphatic rings. The Balaban J connectivity index is 2.57. The van der Waals surface area contributed by atoms with E-state index in [0.717, 1.165) is 11.1 Å². The van der Waals surface area contributed by atoms with Gasteiger partial charge in [-0.25, -0.2) is 0 Å². The highest BCUT2D eigenvalue weighted by molar-refractivity contribution is 9.11. The summed E-state index contributed by atoms with van der Waals surface area (Å²) in [5, 5.41) is 19.1. The van der Waals surface area contributed by atoms with E-state index in [4.69, 9.17) is 0 Å². The normalized spacial score (nSPS) is 10.5. The summed E-state index contributed by atoms with van der Waals surface area (Å²) < 4.78 is 1.87. The number of aromatic hydroxyl groups is 2. The van der Waals surface area contributed by atoms with Gasteiger partial charge >= 0.3 is 0 Å². The number of phenols is 2. The Morgan fingerprint density at radius 3 is 1.76 bits per heavy atom. The maximum absolute atomic E-state index is 9.63. The van der Waals surface area contributed by atoms with Gasteiger partial charge in [0.25, 0.3) is 0 Å². The van der Waals surface area contributed by atoms with E-state index in [2.05, 4.69) is 47.8 Å². The van der Waals surface area contributed by atoms with Crippen molar-refractivity contribution in [2.45, 2.75) is 0 Å². The summed E-state index contributed by atoms with van der Waals surface area (Å²) in [4.78, 5) is 0. The predicted molar refractivity (Wildman–Crippen MR) is 78.3 cm³/mol. The number of benzene rings is 2. The molecule has 0 aliphatic carbocycles. The van der Waals surface area contributed by atoms with Crippen LogP contribution in [0.1, 0.15) is 0 Å². The van der Waals surface area contributed by atoms with Crippen LogP contribution in [-0.2, 0) is 0 Å². The van der Waals surface area contributed by atoms with Crippen LogP contribution >= 0.6 is 47.8 Å². The third kappa shape index (κ3) is 2.67. The van der Waals surface area contributed by atoms with Gasteiger partial charge in [0, 0.05) is 0 Å². The van der Waals surface area contributed by atoms with E-state index in [9.17, 15) is 10.2 Å². The predicted octanol–water partition coefficient (Wildman–Crippen LogP) is 5.05. The summed E-state index contributed by atoms with van der Waals surface area (Å²) >= 11 is 9.84. The number of hydrogen-bond donors (Lipinski definition) is 2. The lowest BCUT2D eigenvalue weighted by atomic mass is 10.1. The summed E-state index contributed by atoms with van der Waals surface area (Å²) in [5.41, 5.74) is 1.87. The Morgan fingerprint density at radius 2 is 1.24 bits per heavy atom. The number of rotatable bonds is 1. The van der Waals surface area contributed by atoms with E-state index in [1.54, 1.807) is 6.07 Å². The topological polar surface area (TPSA) is 40.5 Å². The fraction of sp³-hybridized carbons (Fsp3) is 0. The van der Waals surface area contributed by atoms with Gasteiger partial charge in [-0.15, -0.1) is 0 Å². The molecule has 0 unspecified atom stereocenters. The summed E-state index contributed by atoms with van der Waals surface area (Å²) in [6, 6.07) is 8.89. The number of hydrogen-bond acceptors (Lipinski definition) is 2. The van der Waals surface area contributed by atoms with Crippen molar-refractivity contribution in [1.82, 2.24) is 0 Å². The summed E-state index contributed by atoms with van der Waals surface area (Å²) in [5.74, 6) is 0.372. The van der Waals surface area contributed by atoms with Crippen molar-refractivity contribution >= 4 is 47.8 Å². The highest BCUT2D eigenvalue weighted by Crippen LogP contribution is 2.38. The zero-order valence-electron chi connectivity index (χ0n) is 8.42. The van der Waals surface area contributed by atoms with E-state index in [1.807, 2.05) is 24.3 Å². The third-order valence-electron chi connectivity index (χ3n) is 2.30. The van der Waals surface area contributed by atoms with Crippen LogP contribution in [0.2, 0.25) is 0 Å². The highest BCUT2D eigenvalue weighted by atomic mass is 79.9. The van der Waals surface area contributed by atoms with Gasteiger partial charge in [0.05, 0.1) is 13.4 Å². The van der Waals surface area contributed by atoms with Crippen LogP contribution in [0.15, 0.2) is 43.7 Å². The largest absolute Gasteiger partial charge is 0.507 e. The minimum Gasteiger partial charge on any atom is -0.507 e. The molecule has 2 aromatic carbocycles. The molecule has 88 valence electrons. The molecular weight excluding hydrogens is 416 g/mol. The second-order valence-corrected chi connectivity index (χ2v) is 6.02. The van der Waals surface area contributed by atoms with Crippen molar-refractivity contribution in [3.8, 4) is 22.6 Å². The molecule has 0 radical (unpaired) electrons. The van der Waals surface area contributed by atoms with Crippen LogP contribution in [0.4, 0.5) is 0 Å². The van der Waals surface area contributed by atoms with Crippen LogP contribution in [0.5, 0.6) is 11.5 Å².